The van der Waals surface area contributed by atoms with Crippen LogP contribution in [0.15, 0.2) is 24.3 Å². The molecule has 1 aromatic rings. The van der Waals surface area contributed by atoms with Crippen LogP contribution < -0.4 is 4.74 Å². The van der Waals surface area contributed by atoms with Crippen molar-refractivity contribution < 1.29 is 4.74 Å². The minimum absolute atomic E-state index is 0.943. The molecule has 1 aromatic carbocycles. The maximum absolute atomic E-state index is 5.29. The largest absolute Gasteiger partial charge is 0.497 e. The molecular formula is C15H22O. The summed E-state index contributed by atoms with van der Waals surface area (Å²) in [5, 5.41) is 0. The Labute approximate surface area is 99.1 Å². The van der Waals surface area contributed by atoms with Crippen molar-refractivity contribution in [3.63, 3.8) is 0 Å². The molecule has 88 valence electrons. The summed E-state index contributed by atoms with van der Waals surface area (Å²) < 4.78 is 5.29. The van der Waals surface area contributed by atoms with Crippen molar-refractivity contribution in [1.29, 1.82) is 0 Å². The maximum atomic E-state index is 5.29. The molecule has 0 saturated carbocycles. The molecule has 0 aliphatic rings. The first kappa shape index (κ1) is 12.8. The van der Waals surface area contributed by atoms with E-state index in [4.69, 9.17) is 4.74 Å². The van der Waals surface area contributed by atoms with Crippen molar-refractivity contribution in [2.45, 2.75) is 40.0 Å². The summed E-state index contributed by atoms with van der Waals surface area (Å²) in [5.74, 6) is 0.943. The van der Waals surface area contributed by atoms with Crippen LogP contribution in [0, 0.1) is 6.92 Å². The maximum Gasteiger partial charge on any atom is 0.119 e. The number of benzene rings is 1. The highest BCUT2D eigenvalue weighted by Gasteiger charge is 2.05. The van der Waals surface area contributed by atoms with Crippen LogP contribution in [0.1, 0.15) is 44.2 Å². The van der Waals surface area contributed by atoms with E-state index in [0.29, 0.717) is 0 Å². The number of rotatable bonds is 5. The Hall–Kier alpha value is -1.24. The van der Waals surface area contributed by atoms with Gasteiger partial charge in [-0.05, 0) is 48.6 Å². The third kappa shape index (κ3) is 3.13. The van der Waals surface area contributed by atoms with Gasteiger partial charge in [0.05, 0.1) is 7.11 Å². The third-order valence-electron chi connectivity index (χ3n) is 2.76. The number of methoxy groups -OCH3 is 1. The van der Waals surface area contributed by atoms with Crippen molar-refractivity contribution in [3.05, 3.63) is 35.4 Å². The standard InChI is InChI=1S/C15H22O/c1-5-7-13(8-6-2)15-11-14(16-4)10-9-12(15)3/h7,9-11H,5-6,8H2,1-4H3/b13-7-. The van der Waals surface area contributed by atoms with Gasteiger partial charge in [-0.1, -0.05) is 32.4 Å². The summed E-state index contributed by atoms with van der Waals surface area (Å²) in [6.07, 6.45) is 5.74. The first-order valence-electron chi connectivity index (χ1n) is 6.07. The normalized spacial score (nSPS) is 11.6. The van der Waals surface area contributed by atoms with Gasteiger partial charge in [0.1, 0.15) is 5.75 Å². The van der Waals surface area contributed by atoms with Gasteiger partial charge in [0.2, 0.25) is 0 Å². The number of aryl methyl sites for hydroxylation is 1. The van der Waals surface area contributed by atoms with Gasteiger partial charge in [-0.2, -0.15) is 0 Å². The molecule has 1 rings (SSSR count). The fourth-order valence-corrected chi connectivity index (χ4v) is 1.94. The van der Waals surface area contributed by atoms with Crippen molar-refractivity contribution in [2.24, 2.45) is 0 Å². The van der Waals surface area contributed by atoms with Gasteiger partial charge in [-0.25, -0.2) is 0 Å². The average Bonchev–Trinajstić information content (AvgIpc) is 2.29. The van der Waals surface area contributed by atoms with Crippen LogP contribution in [0.3, 0.4) is 0 Å². The predicted molar refractivity (Wildman–Crippen MR) is 70.9 cm³/mol. The van der Waals surface area contributed by atoms with Gasteiger partial charge < -0.3 is 4.74 Å². The smallest absolute Gasteiger partial charge is 0.119 e. The zero-order valence-electron chi connectivity index (χ0n) is 10.8. The van der Waals surface area contributed by atoms with Crippen LogP contribution in [0.2, 0.25) is 0 Å². The second-order valence-electron chi connectivity index (χ2n) is 4.07. The van der Waals surface area contributed by atoms with Crippen LogP contribution in [0.5, 0.6) is 5.75 Å². The van der Waals surface area contributed by atoms with Crippen LogP contribution in [0.4, 0.5) is 0 Å². The zero-order chi connectivity index (χ0) is 12.0. The first-order chi connectivity index (χ1) is 7.72. The Balaban J connectivity index is 3.11. The molecule has 0 N–H and O–H groups in total. The van der Waals surface area contributed by atoms with Gasteiger partial charge in [0.15, 0.2) is 0 Å². The van der Waals surface area contributed by atoms with Crippen molar-refractivity contribution >= 4 is 5.57 Å². The van der Waals surface area contributed by atoms with Gasteiger partial charge in [0.25, 0.3) is 0 Å². The van der Waals surface area contributed by atoms with E-state index in [9.17, 15) is 0 Å². The molecule has 0 heterocycles. The highest BCUT2D eigenvalue weighted by molar-refractivity contribution is 5.69. The SMILES string of the molecule is CC/C=C(/CCC)c1cc(OC)ccc1C. The van der Waals surface area contributed by atoms with Crippen LogP contribution in [-0.4, -0.2) is 7.11 Å². The average molecular weight is 218 g/mol. The van der Waals surface area contributed by atoms with E-state index in [1.165, 1.54) is 23.1 Å². The Morgan fingerprint density at radius 3 is 2.62 bits per heavy atom. The molecule has 0 radical (unpaired) electrons. The molecule has 0 fully saturated rings. The Bertz CT molecular complexity index is 364. The molecule has 0 amide bonds. The van der Waals surface area contributed by atoms with Crippen LogP contribution in [-0.2, 0) is 0 Å². The highest BCUT2D eigenvalue weighted by atomic mass is 16.5. The van der Waals surface area contributed by atoms with E-state index in [0.717, 1.165) is 18.6 Å². The lowest BCUT2D eigenvalue weighted by atomic mass is 9.96. The molecule has 0 aromatic heterocycles. The quantitative estimate of drug-likeness (QED) is 0.702. The molecule has 16 heavy (non-hydrogen) atoms. The van der Waals surface area contributed by atoms with Crippen molar-refractivity contribution in [2.75, 3.05) is 7.11 Å². The molecular weight excluding hydrogens is 196 g/mol. The number of allylic oxidation sites excluding steroid dienone is 2. The zero-order valence-corrected chi connectivity index (χ0v) is 10.8. The van der Waals surface area contributed by atoms with Gasteiger partial charge in [0, 0.05) is 0 Å². The van der Waals surface area contributed by atoms with E-state index in [1.807, 2.05) is 6.07 Å². The van der Waals surface area contributed by atoms with E-state index in [2.05, 4.69) is 39.0 Å². The molecule has 0 aliphatic carbocycles. The van der Waals surface area contributed by atoms with Gasteiger partial charge in [-0.15, -0.1) is 0 Å². The lowest BCUT2D eigenvalue weighted by Crippen LogP contribution is -1.92. The van der Waals surface area contributed by atoms with Crippen LogP contribution >= 0.6 is 0 Å². The Morgan fingerprint density at radius 2 is 2.06 bits per heavy atom. The second kappa shape index (κ2) is 6.37. The summed E-state index contributed by atoms with van der Waals surface area (Å²) in [5.41, 5.74) is 4.11. The molecule has 1 nitrogen and oxygen atoms in total. The monoisotopic (exact) mass is 218 g/mol. The summed E-state index contributed by atoms with van der Waals surface area (Å²) in [6.45, 7) is 6.57. The molecule has 1 heteroatoms. The minimum atomic E-state index is 0.943. The lowest BCUT2D eigenvalue weighted by Gasteiger charge is -2.12. The Morgan fingerprint density at radius 1 is 1.31 bits per heavy atom. The second-order valence-corrected chi connectivity index (χ2v) is 4.07. The van der Waals surface area contributed by atoms with E-state index < -0.39 is 0 Å². The molecule has 0 saturated heterocycles. The topological polar surface area (TPSA) is 9.23 Å². The van der Waals surface area contributed by atoms with Gasteiger partial charge in [-0.3, -0.25) is 0 Å². The number of hydrogen-bond donors (Lipinski definition) is 0. The van der Waals surface area contributed by atoms with E-state index in [1.54, 1.807) is 7.11 Å². The number of hydrogen-bond acceptors (Lipinski definition) is 1. The summed E-state index contributed by atoms with van der Waals surface area (Å²) in [7, 11) is 1.72. The van der Waals surface area contributed by atoms with E-state index in [-0.39, 0.29) is 0 Å². The van der Waals surface area contributed by atoms with Gasteiger partial charge >= 0.3 is 0 Å². The molecule has 0 bridgehead atoms. The first-order valence-corrected chi connectivity index (χ1v) is 6.07. The van der Waals surface area contributed by atoms with Crippen molar-refractivity contribution in [3.8, 4) is 5.75 Å². The fourth-order valence-electron chi connectivity index (χ4n) is 1.94. The lowest BCUT2D eigenvalue weighted by molar-refractivity contribution is 0.414. The summed E-state index contributed by atoms with van der Waals surface area (Å²) >= 11 is 0. The minimum Gasteiger partial charge on any atom is -0.497 e. The molecule has 0 spiro atoms. The summed E-state index contributed by atoms with van der Waals surface area (Å²) in [4.78, 5) is 0. The van der Waals surface area contributed by atoms with Crippen molar-refractivity contribution in [1.82, 2.24) is 0 Å². The third-order valence-corrected chi connectivity index (χ3v) is 2.76. The molecule has 0 unspecified atom stereocenters. The predicted octanol–water partition coefficient (Wildman–Crippen LogP) is 4.60. The van der Waals surface area contributed by atoms with Crippen LogP contribution in [0.25, 0.3) is 5.57 Å². The van der Waals surface area contributed by atoms with E-state index >= 15 is 0 Å². The Kier molecular flexibility index (Phi) is 5.10. The summed E-state index contributed by atoms with van der Waals surface area (Å²) in [6, 6.07) is 6.30. The molecule has 0 aliphatic heterocycles. The fraction of sp³-hybridized carbons (Fsp3) is 0.467. The molecule has 0 atom stereocenters. The highest BCUT2D eigenvalue weighted by Crippen LogP contribution is 2.27. The number of ether oxygens (including phenoxy) is 1.